The van der Waals surface area contributed by atoms with Crippen LogP contribution in [0.5, 0.6) is 0 Å². The van der Waals surface area contributed by atoms with Gasteiger partial charge in [0.25, 0.3) is 0 Å². The summed E-state index contributed by atoms with van der Waals surface area (Å²) in [5.41, 5.74) is 3.14. The molecule has 1 atom stereocenters. The van der Waals surface area contributed by atoms with Crippen LogP contribution in [-0.2, 0) is 11.2 Å². The summed E-state index contributed by atoms with van der Waals surface area (Å²) in [7, 11) is 1.88. The number of nitrogens with zero attached hydrogens (tertiary/aromatic N) is 1. The smallest absolute Gasteiger partial charge is 0.226 e. The van der Waals surface area contributed by atoms with Crippen molar-refractivity contribution in [2.24, 2.45) is 0 Å². The van der Waals surface area contributed by atoms with Gasteiger partial charge in [-0.25, -0.2) is 4.98 Å². The molecule has 0 saturated heterocycles. The molecule has 0 fully saturated rings. The van der Waals surface area contributed by atoms with E-state index in [1.807, 2.05) is 31.5 Å². The van der Waals surface area contributed by atoms with E-state index < -0.39 is 0 Å². The second-order valence-electron chi connectivity index (χ2n) is 5.18. The third-order valence-corrected chi connectivity index (χ3v) is 4.20. The highest BCUT2D eigenvalue weighted by Crippen LogP contribution is 2.24. The average Bonchev–Trinajstić information content (AvgIpc) is 2.93. The molecular weight excluding hydrogens is 353 g/mol. The molecule has 128 valence electrons. The first kappa shape index (κ1) is 21.9. The third-order valence-electron chi connectivity index (χ3n) is 3.26. The molecule has 0 spiro atoms. The monoisotopic (exact) mass is 375 g/mol. The molecule has 0 bridgehead atoms. The second kappa shape index (κ2) is 10.6. The summed E-state index contributed by atoms with van der Waals surface area (Å²) in [6, 6.07) is 8.51. The van der Waals surface area contributed by atoms with Crippen molar-refractivity contribution in [3.05, 3.63) is 40.9 Å². The molecule has 1 heterocycles. The highest BCUT2D eigenvalue weighted by atomic mass is 35.5. The summed E-state index contributed by atoms with van der Waals surface area (Å²) >= 11 is 1.58. The van der Waals surface area contributed by atoms with Crippen LogP contribution in [-0.4, -0.2) is 30.5 Å². The number of thiazole rings is 1. The van der Waals surface area contributed by atoms with Crippen molar-refractivity contribution in [2.45, 2.75) is 26.3 Å². The van der Waals surface area contributed by atoms with E-state index in [2.05, 4.69) is 34.7 Å². The molecule has 1 unspecified atom stereocenters. The lowest BCUT2D eigenvalue weighted by atomic mass is 10.1. The van der Waals surface area contributed by atoms with Crippen LogP contribution in [0.1, 0.15) is 18.2 Å². The number of nitrogens with one attached hydrogen (secondary N) is 2. The number of hydrogen-bond donors (Lipinski definition) is 2. The van der Waals surface area contributed by atoms with Crippen LogP contribution in [0.3, 0.4) is 0 Å². The number of carbonyl (C=O) groups is 1. The lowest BCUT2D eigenvalue weighted by molar-refractivity contribution is -0.120. The standard InChI is InChI=1S/C16H21N3OS.2ClH/c1-11-5-4-6-13(7-11)16-19-14(10-21-16)8-15(20)18-9-12(2)17-3;;/h4-7,10,12,17H,8-9H2,1-3H3,(H,18,20);2*1H. The number of likely N-dealkylation sites (N-methyl/N-ethyl adjacent to an activating group) is 1. The summed E-state index contributed by atoms with van der Waals surface area (Å²) in [5, 5.41) is 8.91. The molecule has 0 radical (unpaired) electrons. The van der Waals surface area contributed by atoms with Crippen LogP contribution in [0.4, 0.5) is 0 Å². The van der Waals surface area contributed by atoms with Gasteiger partial charge in [0.15, 0.2) is 0 Å². The van der Waals surface area contributed by atoms with Gasteiger partial charge in [-0.15, -0.1) is 36.2 Å². The van der Waals surface area contributed by atoms with Gasteiger partial charge >= 0.3 is 0 Å². The molecule has 2 aromatic rings. The third kappa shape index (κ3) is 6.87. The van der Waals surface area contributed by atoms with Gasteiger partial charge in [-0.3, -0.25) is 4.79 Å². The lowest BCUT2D eigenvalue weighted by Gasteiger charge is -2.10. The summed E-state index contributed by atoms with van der Waals surface area (Å²) in [6.45, 7) is 4.72. The van der Waals surface area contributed by atoms with Gasteiger partial charge in [-0.05, 0) is 27.0 Å². The Morgan fingerprint density at radius 2 is 2.09 bits per heavy atom. The van der Waals surface area contributed by atoms with Gasteiger partial charge in [-0.1, -0.05) is 23.8 Å². The summed E-state index contributed by atoms with van der Waals surface area (Å²) in [4.78, 5) is 16.4. The maximum absolute atomic E-state index is 11.9. The van der Waals surface area contributed by atoms with Crippen LogP contribution < -0.4 is 10.6 Å². The molecule has 4 nitrogen and oxygen atoms in total. The maximum Gasteiger partial charge on any atom is 0.226 e. The Morgan fingerprint density at radius 1 is 1.35 bits per heavy atom. The van der Waals surface area contributed by atoms with Gasteiger partial charge in [-0.2, -0.15) is 0 Å². The number of amides is 1. The summed E-state index contributed by atoms with van der Waals surface area (Å²) in [6.07, 6.45) is 0.332. The van der Waals surface area contributed by atoms with E-state index in [-0.39, 0.29) is 36.8 Å². The van der Waals surface area contributed by atoms with Crippen molar-refractivity contribution in [1.29, 1.82) is 0 Å². The Balaban J connectivity index is 0.00000242. The summed E-state index contributed by atoms with van der Waals surface area (Å²) < 4.78 is 0. The van der Waals surface area contributed by atoms with E-state index >= 15 is 0 Å². The van der Waals surface area contributed by atoms with Crippen LogP contribution in [0, 0.1) is 6.92 Å². The van der Waals surface area contributed by atoms with Crippen molar-refractivity contribution in [3.8, 4) is 10.6 Å². The quantitative estimate of drug-likeness (QED) is 0.814. The number of halogens is 2. The van der Waals surface area contributed by atoms with E-state index in [0.717, 1.165) is 16.3 Å². The molecule has 1 aromatic heterocycles. The Labute approximate surface area is 153 Å². The SMILES string of the molecule is CNC(C)CNC(=O)Cc1csc(-c2cccc(C)c2)n1.Cl.Cl. The van der Waals surface area contributed by atoms with Crippen molar-refractivity contribution in [1.82, 2.24) is 15.6 Å². The van der Waals surface area contributed by atoms with E-state index in [1.54, 1.807) is 11.3 Å². The Hall–Kier alpha value is -1.14. The average molecular weight is 376 g/mol. The molecule has 23 heavy (non-hydrogen) atoms. The first-order valence-electron chi connectivity index (χ1n) is 7.04. The van der Waals surface area contributed by atoms with Gasteiger partial charge in [0.1, 0.15) is 5.01 Å². The first-order valence-corrected chi connectivity index (χ1v) is 7.92. The minimum absolute atomic E-state index is 0. The predicted molar refractivity (Wildman–Crippen MR) is 102 cm³/mol. The minimum Gasteiger partial charge on any atom is -0.354 e. The fourth-order valence-electron chi connectivity index (χ4n) is 1.89. The molecule has 2 rings (SSSR count). The Bertz CT molecular complexity index is 619. The predicted octanol–water partition coefficient (Wildman–Crippen LogP) is 3.23. The molecule has 7 heteroatoms. The first-order chi connectivity index (χ1) is 10.1. The molecule has 2 N–H and O–H groups in total. The van der Waals surface area contributed by atoms with E-state index in [1.165, 1.54) is 5.56 Å². The number of hydrogen-bond acceptors (Lipinski definition) is 4. The number of rotatable bonds is 6. The molecule has 0 aliphatic rings. The maximum atomic E-state index is 11.9. The van der Waals surface area contributed by atoms with E-state index in [4.69, 9.17) is 0 Å². The van der Waals surface area contributed by atoms with Gasteiger partial charge < -0.3 is 10.6 Å². The second-order valence-corrected chi connectivity index (χ2v) is 6.04. The number of carbonyl (C=O) groups excluding carboxylic acids is 1. The molecule has 0 aliphatic carbocycles. The molecular formula is C16H23Cl2N3OS. The van der Waals surface area contributed by atoms with Crippen molar-refractivity contribution < 1.29 is 4.79 Å². The number of aromatic nitrogens is 1. The lowest BCUT2D eigenvalue weighted by Crippen LogP contribution is -2.37. The normalized spacial score (nSPS) is 11.1. The zero-order valence-electron chi connectivity index (χ0n) is 13.5. The fourth-order valence-corrected chi connectivity index (χ4v) is 2.71. The van der Waals surface area contributed by atoms with Crippen LogP contribution in [0.25, 0.3) is 10.6 Å². The van der Waals surface area contributed by atoms with Crippen molar-refractivity contribution in [2.75, 3.05) is 13.6 Å². The molecule has 1 amide bonds. The Morgan fingerprint density at radius 3 is 2.74 bits per heavy atom. The molecule has 1 aromatic carbocycles. The Kier molecular flexibility index (Phi) is 10.1. The number of benzene rings is 1. The van der Waals surface area contributed by atoms with Crippen molar-refractivity contribution in [3.63, 3.8) is 0 Å². The van der Waals surface area contributed by atoms with Crippen LogP contribution in [0.15, 0.2) is 29.6 Å². The van der Waals surface area contributed by atoms with E-state index in [0.29, 0.717) is 13.0 Å². The highest BCUT2D eigenvalue weighted by Gasteiger charge is 2.09. The zero-order chi connectivity index (χ0) is 15.2. The van der Waals surface area contributed by atoms with Gasteiger partial charge in [0.2, 0.25) is 5.91 Å². The zero-order valence-corrected chi connectivity index (χ0v) is 15.9. The van der Waals surface area contributed by atoms with Crippen LogP contribution >= 0.6 is 36.2 Å². The summed E-state index contributed by atoms with van der Waals surface area (Å²) in [5.74, 6) is 0.0122. The highest BCUT2D eigenvalue weighted by molar-refractivity contribution is 7.13. The molecule has 0 aliphatic heterocycles. The minimum atomic E-state index is 0. The van der Waals surface area contributed by atoms with E-state index in [9.17, 15) is 4.79 Å². The van der Waals surface area contributed by atoms with Gasteiger partial charge in [0.05, 0.1) is 12.1 Å². The topological polar surface area (TPSA) is 54.0 Å². The van der Waals surface area contributed by atoms with Crippen LogP contribution in [0.2, 0.25) is 0 Å². The fraction of sp³-hybridized carbons (Fsp3) is 0.375. The molecule has 0 saturated carbocycles. The largest absolute Gasteiger partial charge is 0.354 e. The number of aryl methyl sites for hydroxylation is 1. The van der Waals surface area contributed by atoms with Crippen molar-refractivity contribution >= 4 is 42.1 Å². The van der Waals surface area contributed by atoms with Gasteiger partial charge in [0, 0.05) is 23.5 Å².